The van der Waals surface area contributed by atoms with Crippen molar-refractivity contribution in [2.45, 2.75) is 39.7 Å². The second-order valence-corrected chi connectivity index (χ2v) is 5.70. The number of nitrogens with one attached hydrogen (secondary N) is 1. The van der Waals surface area contributed by atoms with Crippen molar-refractivity contribution in [2.24, 2.45) is 4.99 Å². The van der Waals surface area contributed by atoms with Gasteiger partial charge in [-0.1, -0.05) is 24.9 Å². The highest BCUT2D eigenvalue weighted by molar-refractivity contribution is 5.80. The van der Waals surface area contributed by atoms with E-state index in [-0.39, 0.29) is 0 Å². The van der Waals surface area contributed by atoms with Gasteiger partial charge in [0, 0.05) is 51.9 Å². The fourth-order valence-electron chi connectivity index (χ4n) is 2.64. The lowest BCUT2D eigenvalue weighted by Gasteiger charge is -2.36. The molecule has 0 saturated carbocycles. The van der Waals surface area contributed by atoms with Crippen LogP contribution in [0.1, 0.15) is 38.8 Å². The molecule has 6 nitrogen and oxygen atoms in total. The van der Waals surface area contributed by atoms with Gasteiger partial charge >= 0.3 is 0 Å². The van der Waals surface area contributed by atoms with Crippen LogP contribution in [0.15, 0.2) is 21.8 Å². The van der Waals surface area contributed by atoms with E-state index in [9.17, 15) is 0 Å². The quantitative estimate of drug-likeness (QED) is 0.474. The topological polar surface area (TPSA) is 56.9 Å². The Kier molecular flexibility index (Phi) is 7.22. The molecule has 1 aliphatic heterocycles. The fraction of sp³-hybridized carbons (Fsp3) is 0.750. The highest BCUT2D eigenvalue weighted by Crippen LogP contribution is 2.07. The van der Waals surface area contributed by atoms with E-state index in [0.717, 1.165) is 57.5 Å². The van der Waals surface area contributed by atoms with Crippen LogP contribution in [0.4, 0.5) is 0 Å². The van der Waals surface area contributed by atoms with Gasteiger partial charge < -0.3 is 14.7 Å². The van der Waals surface area contributed by atoms with E-state index in [4.69, 9.17) is 9.52 Å². The molecule has 0 bridgehead atoms. The molecule has 2 heterocycles. The number of hydrogen-bond donors (Lipinski definition) is 1. The van der Waals surface area contributed by atoms with Crippen LogP contribution in [-0.4, -0.2) is 60.2 Å². The number of rotatable bonds is 7. The molecule has 0 amide bonds. The molecule has 1 aromatic heterocycles. The Morgan fingerprint density at radius 2 is 2.09 bits per heavy atom. The van der Waals surface area contributed by atoms with Gasteiger partial charge in [-0.25, -0.2) is 0 Å². The van der Waals surface area contributed by atoms with Crippen LogP contribution in [0.25, 0.3) is 0 Å². The molecule has 124 valence electrons. The predicted molar refractivity (Wildman–Crippen MR) is 88.9 cm³/mol. The molecule has 2 rings (SSSR count). The minimum Gasteiger partial charge on any atom is -0.364 e. The molecular formula is C16H29N5O. The molecule has 1 saturated heterocycles. The van der Waals surface area contributed by atoms with E-state index < -0.39 is 0 Å². The SMILES string of the molecule is CCCCCN=C(NCC)N1CCN(Cc2ccon2)CC1. The molecule has 0 unspecified atom stereocenters. The largest absolute Gasteiger partial charge is 0.364 e. The van der Waals surface area contributed by atoms with E-state index >= 15 is 0 Å². The van der Waals surface area contributed by atoms with E-state index in [1.165, 1.54) is 19.3 Å². The third-order valence-corrected chi connectivity index (χ3v) is 3.91. The highest BCUT2D eigenvalue weighted by Gasteiger charge is 2.20. The van der Waals surface area contributed by atoms with E-state index in [0.29, 0.717) is 0 Å². The zero-order valence-electron chi connectivity index (χ0n) is 13.9. The minimum atomic E-state index is 0.870. The first-order chi connectivity index (χ1) is 10.8. The van der Waals surface area contributed by atoms with Gasteiger partial charge in [-0.3, -0.25) is 9.89 Å². The lowest BCUT2D eigenvalue weighted by molar-refractivity contribution is 0.169. The van der Waals surface area contributed by atoms with Crippen molar-refractivity contribution < 1.29 is 4.52 Å². The summed E-state index contributed by atoms with van der Waals surface area (Å²) in [5, 5.41) is 7.41. The van der Waals surface area contributed by atoms with Crippen LogP contribution in [0.2, 0.25) is 0 Å². The van der Waals surface area contributed by atoms with Crippen LogP contribution < -0.4 is 5.32 Å². The molecular weight excluding hydrogens is 278 g/mol. The Morgan fingerprint density at radius 3 is 2.73 bits per heavy atom. The van der Waals surface area contributed by atoms with Gasteiger partial charge in [-0.05, 0) is 13.3 Å². The van der Waals surface area contributed by atoms with Gasteiger partial charge in [0.05, 0.1) is 5.69 Å². The summed E-state index contributed by atoms with van der Waals surface area (Å²) in [6, 6.07) is 1.94. The average molecular weight is 307 g/mol. The maximum absolute atomic E-state index is 4.90. The number of unbranched alkanes of at least 4 members (excludes halogenated alkanes) is 2. The summed E-state index contributed by atoms with van der Waals surface area (Å²) < 4.78 is 4.90. The smallest absolute Gasteiger partial charge is 0.194 e. The van der Waals surface area contributed by atoms with Crippen LogP contribution >= 0.6 is 0 Å². The van der Waals surface area contributed by atoms with Crippen molar-refractivity contribution in [2.75, 3.05) is 39.3 Å². The molecule has 0 aromatic carbocycles. The zero-order chi connectivity index (χ0) is 15.6. The molecule has 1 aliphatic rings. The van der Waals surface area contributed by atoms with Gasteiger partial charge in [0.25, 0.3) is 0 Å². The lowest BCUT2D eigenvalue weighted by Crippen LogP contribution is -2.52. The van der Waals surface area contributed by atoms with Crippen molar-refractivity contribution in [3.63, 3.8) is 0 Å². The van der Waals surface area contributed by atoms with Gasteiger partial charge in [0.2, 0.25) is 0 Å². The number of aliphatic imine (C=N–C) groups is 1. The van der Waals surface area contributed by atoms with Crippen molar-refractivity contribution in [1.82, 2.24) is 20.3 Å². The second kappa shape index (κ2) is 9.46. The molecule has 1 aromatic rings. The van der Waals surface area contributed by atoms with Crippen molar-refractivity contribution in [1.29, 1.82) is 0 Å². The molecule has 0 spiro atoms. The summed E-state index contributed by atoms with van der Waals surface area (Å²) in [6.45, 7) is 11.2. The summed E-state index contributed by atoms with van der Waals surface area (Å²) in [5.74, 6) is 1.07. The van der Waals surface area contributed by atoms with Crippen LogP contribution in [0.3, 0.4) is 0 Å². The molecule has 1 fully saturated rings. The first-order valence-electron chi connectivity index (χ1n) is 8.48. The monoisotopic (exact) mass is 307 g/mol. The standard InChI is InChI=1S/C16H29N5O/c1-3-5-6-8-18-16(17-4-2)21-11-9-20(10-12-21)14-15-7-13-22-19-15/h7,13H,3-6,8-12,14H2,1-2H3,(H,17,18). The summed E-state index contributed by atoms with van der Waals surface area (Å²) in [4.78, 5) is 9.54. The zero-order valence-corrected chi connectivity index (χ0v) is 13.9. The predicted octanol–water partition coefficient (Wildman–Crippen LogP) is 1.95. The molecule has 6 heteroatoms. The Hall–Kier alpha value is -1.56. The molecule has 0 radical (unpaired) electrons. The summed E-state index contributed by atoms with van der Waals surface area (Å²) in [6.07, 6.45) is 5.32. The average Bonchev–Trinajstić information content (AvgIpc) is 3.04. The molecule has 0 aliphatic carbocycles. The summed E-state index contributed by atoms with van der Waals surface area (Å²) >= 11 is 0. The first-order valence-corrected chi connectivity index (χ1v) is 8.48. The second-order valence-electron chi connectivity index (χ2n) is 5.70. The summed E-state index contributed by atoms with van der Waals surface area (Å²) in [5.41, 5.74) is 1.01. The van der Waals surface area contributed by atoms with Gasteiger partial charge in [0.15, 0.2) is 5.96 Å². The van der Waals surface area contributed by atoms with Crippen molar-refractivity contribution >= 4 is 5.96 Å². The molecule has 1 N–H and O–H groups in total. The third-order valence-electron chi connectivity index (χ3n) is 3.91. The van der Waals surface area contributed by atoms with Crippen LogP contribution in [0, 0.1) is 0 Å². The highest BCUT2D eigenvalue weighted by atomic mass is 16.5. The minimum absolute atomic E-state index is 0.870. The number of piperazine rings is 1. The fourth-order valence-corrected chi connectivity index (χ4v) is 2.64. The first kappa shape index (κ1) is 16.8. The third kappa shape index (κ3) is 5.33. The Bertz CT molecular complexity index is 424. The number of hydrogen-bond acceptors (Lipinski definition) is 4. The van der Waals surface area contributed by atoms with Gasteiger partial charge in [-0.15, -0.1) is 0 Å². The van der Waals surface area contributed by atoms with Crippen molar-refractivity contribution in [3.05, 3.63) is 18.0 Å². The maximum atomic E-state index is 4.90. The Labute approximate surface area is 133 Å². The van der Waals surface area contributed by atoms with E-state index in [2.05, 4.69) is 34.1 Å². The van der Waals surface area contributed by atoms with E-state index in [1.807, 2.05) is 6.07 Å². The Morgan fingerprint density at radius 1 is 1.27 bits per heavy atom. The van der Waals surface area contributed by atoms with Gasteiger partial charge in [0.1, 0.15) is 6.26 Å². The lowest BCUT2D eigenvalue weighted by atomic mass is 10.2. The number of nitrogens with zero attached hydrogens (tertiary/aromatic N) is 4. The normalized spacial score (nSPS) is 17.0. The number of guanidine groups is 1. The van der Waals surface area contributed by atoms with Crippen molar-refractivity contribution in [3.8, 4) is 0 Å². The Balaban J connectivity index is 1.79. The maximum Gasteiger partial charge on any atom is 0.194 e. The van der Waals surface area contributed by atoms with Crippen LogP contribution in [-0.2, 0) is 6.54 Å². The van der Waals surface area contributed by atoms with E-state index in [1.54, 1.807) is 6.26 Å². The number of aromatic nitrogens is 1. The molecule has 0 atom stereocenters. The van der Waals surface area contributed by atoms with Gasteiger partial charge in [-0.2, -0.15) is 0 Å². The summed E-state index contributed by atoms with van der Waals surface area (Å²) in [7, 11) is 0. The van der Waals surface area contributed by atoms with Crippen LogP contribution in [0.5, 0.6) is 0 Å². The molecule has 22 heavy (non-hydrogen) atoms.